The van der Waals surface area contributed by atoms with E-state index in [1.165, 1.54) is 36.4 Å². The van der Waals surface area contributed by atoms with Gasteiger partial charge in [-0.25, -0.2) is 15.4 Å². The van der Waals surface area contributed by atoms with Crippen LogP contribution >= 0.6 is 0 Å². The number of piperidine rings is 1. The summed E-state index contributed by atoms with van der Waals surface area (Å²) in [5.41, 5.74) is 4.54. The lowest BCUT2D eigenvalue weighted by Gasteiger charge is -2.32. The van der Waals surface area contributed by atoms with Gasteiger partial charge in [-0.2, -0.15) is 0 Å². The molecule has 0 radical (unpaired) electrons. The Kier molecular flexibility index (Phi) is 11.1. The van der Waals surface area contributed by atoms with Crippen molar-refractivity contribution >= 4 is 17.8 Å². The molecule has 41 heavy (non-hydrogen) atoms. The minimum absolute atomic E-state index is 0.00527. The molecule has 3 N–H and O–H groups in total. The minimum atomic E-state index is -0.618. The van der Waals surface area contributed by atoms with Gasteiger partial charge in [-0.1, -0.05) is 45.0 Å². The summed E-state index contributed by atoms with van der Waals surface area (Å²) in [7, 11) is 0. The van der Waals surface area contributed by atoms with Gasteiger partial charge in [0, 0.05) is 38.1 Å². The summed E-state index contributed by atoms with van der Waals surface area (Å²) in [5, 5.41) is 12.4. The molecule has 224 valence electrons. The third kappa shape index (κ3) is 9.78. The summed E-state index contributed by atoms with van der Waals surface area (Å²) in [6.45, 7) is 9.19. The number of aromatic nitrogens is 2. The first-order chi connectivity index (χ1) is 19.7. The summed E-state index contributed by atoms with van der Waals surface area (Å²) in [5.74, 6) is -0.0517. The van der Waals surface area contributed by atoms with E-state index in [0.717, 1.165) is 71.0 Å². The normalized spacial score (nSPS) is 17.4. The van der Waals surface area contributed by atoms with Crippen LogP contribution in [0, 0.1) is 11.3 Å². The van der Waals surface area contributed by atoms with Crippen LogP contribution in [-0.4, -0.2) is 52.3 Å². The second-order valence-corrected chi connectivity index (χ2v) is 12.8. The smallest absolute Gasteiger partial charge is 0.309 e. The molecule has 1 saturated carbocycles. The summed E-state index contributed by atoms with van der Waals surface area (Å²) in [6, 6.07) is 9.19. The Morgan fingerprint density at radius 3 is 2.24 bits per heavy atom. The first-order valence-corrected chi connectivity index (χ1v) is 15.2. The number of carbonyl (C=O) groups excluding carboxylic acids is 2. The fourth-order valence-electron chi connectivity index (χ4n) is 5.63. The number of rotatable bonds is 12. The molecule has 0 bridgehead atoms. The molecule has 2 heterocycles. The molecular weight excluding hydrogens is 518 g/mol. The number of hydroxylamine groups is 1. The van der Waals surface area contributed by atoms with Crippen LogP contribution in [0.15, 0.2) is 36.7 Å². The number of amides is 1. The summed E-state index contributed by atoms with van der Waals surface area (Å²) >= 11 is 0. The third-order valence-electron chi connectivity index (χ3n) is 8.34. The lowest BCUT2D eigenvalue weighted by atomic mass is 9.85. The lowest BCUT2D eigenvalue weighted by Crippen LogP contribution is -2.43. The molecule has 9 heteroatoms. The van der Waals surface area contributed by atoms with Gasteiger partial charge in [0.15, 0.2) is 0 Å². The van der Waals surface area contributed by atoms with Gasteiger partial charge in [0.25, 0.3) is 5.91 Å². The van der Waals surface area contributed by atoms with E-state index in [2.05, 4.69) is 65.2 Å². The molecule has 1 aliphatic heterocycles. The van der Waals surface area contributed by atoms with Crippen LogP contribution in [0.4, 0.5) is 5.95 Å². The number of hydrogen-bond donors (Lipinski definition) is 3. The second-order valence-electron chi connectivity index (χ2n) is 12.8. The Hall–Kier alpha value is -3.04. The van der Waals surface area contributed by atoms with Crippen LogP contribution in [0.2, 0.25) is 0 Å². The first kappa shape index (κ1) is 30.9. The number of nitrogens with one attached hydrogen (secondary N) is 2. The van der Waals surface area contributed by atoms with Crippen LogP contribution in [0.5, 0.6) is 0 Å². The van der Waals surface area contributed by atoms with Gasteiger partial charge in [-0.15, -0.1) is 0 Å². The second kappa shape index (κ2) is 14.7. The standard InChI is InChI=1S/C32H47N5O4/c1-32(2,3)17-14-25(30(39)41-28-6-4-5-7-28)13-12-23-8-10-24(11-9-23)20-33-27-15-18-37(19-16-27)31-34-21-26(22-35-31)29(38)36-40/h8-11,21-22,25,27-28,33,40H,4-7,12-20H2,1-3H3,(H,36,38)/t25-/m0/s1. The number of aryl methyl sites for hydroxylation is 1. The Morgan fingerprint density at radius 1 is 1.00 bits per heavy atom. The van der Waals surface area contributed by atoms with Crippen molar-refractivity contribution in [3.8, 4) is 0 Å². The van der Waals surface area contributed by atoms with Crippen LogP contribution in [0.1, 0.15) is 100 Å². The Balaban J connectivity index is 1.20. The number of carbonyl (C=O) groups is 2. The van der Waals surface area contributed by atoms with E-state index in [1.54, 1.807) is 5.48 Å². The Bertz CT molecular complexity index is 1100. The average molecular weight is 566 g/mol. The number of anilines is 1. The van der Waals surface area contributed by atoms with Gasteiger partial charge >= 0.3 is 5.97 Å². The van der Waals surface area contributed by atoms with Crippen LogP contribution in [0.3, 0.4) is 0 Å². The fraction of sp³-hybridized carbons (Fsp3) is 0.625. The molecule has 1 aromatic heterocycles. The zero-order chi connectivity index (χ0) is 29.2. The average Bonchev–Trinajstić information content (AvgIpc) is 3.49. The van der Waals surface area contributed by atoms with Crippen molar-refractivity contribution in [2.75, 3.05) is 18.0 Å². The maximum absolute atomic E-state index is 13.0. The third-order valence-corrected chi connectivity index (χ3v) is 8.34. The number of hydrogen-bond acceptors (Lipinski definition) is 8. The highest BCUT2D eigenvalue weighted by Gasteiger charge is 2.27. The summed E-state index contributed by atoms with van der Waals surface area (Å²) in [6.07, 6.45) is 12.9. The van der Waals surface area contributed by atoms with E-state index in [0.29, 0.717) is 12.0 Å². The van der Waals surface area contributed by atoms with Crippen LogP contribution < -0.4 is 15.7 Å². The zero-order valence-electron chi connectivity index (χ0n) is 24.9. The predicted octanol–water partition coefficient (Wildman–Crippen LogP) is 5.22. The van der Waals surface area contributed by atoms with Gasteiger partial charge < -0.3 is 15.0 Å². The van der Waals surface area contributed by atoms with E-state index in [9.17, 15) is 9.59 Å². The van der Waals surface area contributed by atoms with Gasteiger partial charge in [-0.05, 0) is 80.8 Å². The quantitative estimate of drug-likeness (QED) is 0.182. The maximum atomic E-state index is 13.0. The molecule has 1 atom stereocenters. The van der Waals surface area contributed by atoms with Crippen molar-refractivity contribution in [1.29, 1.82) is 0 Å². The van der Waals surface area contributed by atoms with Gasteiger partial charge in [0.05, 0.1) is 11.5 Å². The molecule has 1 aliphatic carbocycles. The summed E-state index contributed by atoms with van der Waals surface area (Å²) < 4.78 is 5.91. The van der Waals surface area contributed by atoms with E-state index >= 15 is 0 Å². The number of ether oxygens (including phenoxy) is 1. The Morgan fingerprint density at radius 2 is 1.63 bits per heavy atom. The minimum Gasteiger partial charge on any atom is -0.462 e. The van der Waals surface area contributed by atoms with Gasteiger partial charge in [-0.3, -0.25) is 14.8 Å². The van der Waals surface area contributed by atoms with Crippen molar-refractivity contribution in [3.05, 3.63) is 53.3 Å². The van der Waals surface area contributed by atoms with Crippen molar-refractivity contribution in [2.24, 2.45) is 11.3 Å². The van der Waals surface area contributed by atoms with Crippen molar-refractivity contribution < 1.29 is 19.5 Å². The molecule has 4 rings (SSSR count). The highest BCUT2D eigenvalue weighted by Crippen LogP contribution is 2.29. The number of nitrogens with zero attached hydrogens (tertiary/aromatic N) is 3. The molecule has 0 spiro atoms. The number of esters is 1. The Labute approximate surface area is 244 Å². The molecule has 2 aromatic rings. The highest BCUT2D eigenvalue weighted by molar-refractivity contribution is 5.92. The molecular formula is C32H47N5O4. The van der Waals surface area contributed by atoms with E-state index in [1.807, 2.05) is 0 Å². The molecule has 2 fully saturated rings. The van der Waals surface area contributed by atoms with Crippen LogP contribution in [-0.2, 0) is 22.5 Å². The fourth-order valence-corrected chi connectivity index (χ4v) is 5.63. The lowest BCUT2D eigenvalue weighted by molar-refractivity contribution is -0.154. The molecule has 9 nitrogen and oxygen atoms in total. The predicted molar refractivity (Wildman–Crippen MR) is 159 cm³/mol. The topological polar surface area (TPSA) is 117 Å². The van der Waals surface area contributed by atoms with Gasteiger partial charge in [0.2, 0.25) is 5.95 Å². The molecule has 1 amide bonds. The van der Waals surface area contributed by atoms with Crippen LogP contribution in [0.25, 0.3) is 0 Å². The van der Waals surface area contributed by atoms with Crippen molar-refractivity contribution in [3.63, 3.8) is 0 Å². The highest BCUT2D eigenvalue weighted by atomic mass is 16.5. The monoisotopic (exact) mass is 565 g/mol. The molecule has 0 unspecified atom stereocenters. The zero-order valence-corrected chi connectivity index (χ0v) is 24.9. The maximum Gasteiger partial charge on any atom is 0.309 e. The molecule has 1 aromatic carbocycles. The SMILES string of the molecule is CC(C)(C)CC[C@H](CCc1ccc(CNC2CCN(c3ncc(C(=O)NO)cn3)CC2)cc1)C(=O)OC1CCCC1. The summed E-state index contributed by atoms with van der Waals surface area (Å²) in [4.78, 5) is 35.1. The van der Waals surface area contributed by atoms with Crippen molar-refractivity contribution in [2.45, 2.75) is 104 Å². The largest absolute Gasteiger partial charge is 0.462 e. The van der Waals surface area contributed by atoms with E-state index in [4.69, 9.17) is 9.94 Å². The van der Waals surface area contributed by atoms with E-state index in [-0.39, 0.29) is 29.0 Å². The number of benzene rings is 1. The van der Waals surface area contributed by atoms with Crippen molar-refractivity contribution in [1.82, 2.24) is 20.8 Å². The first-order valence-electron chi connectivity index (χ1n) is 15.2. The van der Waals surface area contributed by atoms with Gasteiger partial charge in [0.1, 0.15) is 6.10 Å². The van der Waals surface area contributed by atoms with E-state index < -0.39 is 5.91 Å². The molecule has 1 saturated heterocycles. The molecule has 2 aliphatic rings.